The van der Waals surface area contributed by atoms with E-state index in [1.807, 2.05) is 23.7 Å². The summed E-state index contributed by atoms with van der Waals surface area (Å²) in [5, 5.41) is 8.57. The fourth-order valence-electron chi connectivity index (χ4n) is 1.92. The van der Waals surface area contributed by atoms with Crippen molar-refractivity contribution in [3.63, 3.8) is 0 Å². The number of hydrogen-bond acceptors (Lipinski definition) is 6. The molecule has 24 heavy (non-hydrogen) atoms. The first kappa shape index (κ1) is 16.5. The van der Waals surface area contributed by atoms with Gasteiger partial charge in [-0.1, -0.05) is 0 Å². The number of anilines is 1. The van der Waals surface area contributed by atoms with Gasteiger partial charge in [-0.25, -0.2) is 4.98 Å². The van der Waals surface area contributed by atoms with Crippen LogP contribution in [0.3, 0.4) is 0 Å². The number of nitrogens with zero attached hydrogens (tertiary/aromatic N) is 5. The van der Waals surface area contributed by atoms with Crippen LogP contribution >= 0.6 is 11.8 Å². The SMILES string of the molecule is Cc1nc(S(=O)(=O)Nc2ccc(Sc3nncn3C)cc2)cn1C. The molecule has 0 aliphatic rings. The van der Waals surface area contributed by atoms with Gasteiger partial charge in [-0.2, -0.15) is 8.42 Å². The Bertz CT molecular complexity index is 940. The van der Waals surface area contributed by atoms with Gasteiger partial charge in [0.05, 0.1) is 0 Å². The van der Waals surface area contributed by atoms with Gasteiger partial charge in [-0.05, 0) is 43.0 Å². The van der Waals surface area contributed by atoms with Gasteiger partial charge >= 0.3 is 0 Å². The van der Waals surface area contributed by atoms with Crippen LogP contribution in [-0.2, 0) is 24.1 Å². The highest BCUT2D eigenvalue weighted by Gasteiger charge is 2.18. The summed E-state index contributed by atoms with van der Waals surface area (Å²) in [5.74, 6) is 0.630. The van der Waals surface area contributed by atoms with Crippen LogP contribution in [0.4, 0.5) is 5.69 Å². The molecule has 0 saturated carbocycles. The van der Waals surface area contributed by atoms with Crippen molar-refractivity contribution in [2.45, 2.75) is 22.0 Å². The molecule has 1 N–H and O–H groups in total. The molecule has 0 unspecified atom stereocenters. The number of aromatic nitrogens is 5. The van der Waals surface area contributed by atoms with Crippen molar-refractivity contribution in [1.29, 1.82) is 0 Å². The Morgan fingerprint density at radius 2 is 1.83 bits per heavy atom. The van der Waals surface area contributed by atoms with E-state index in [1.54, 1.807) is 37.0 Å². The highest BCUT2D eigenvalue weighted by atomic mass is 32.2. The lowest BCUT2D eigenvalue weighted by atomic mass is 10.3. The van der Waals surface area contributed by atoms with Crippen molar-refractivity contribution >= 4 is 27.5 Å². The van der Waals surface area contributed by atoms with E-state index in [4.69, 9.17) is 0 Å². The van der Waals surface area contributed by atoms with Crippen molar-refractivity contribution < 1.29 is 8.42 Å². The van der Waals surface area contributed by atoms with Gasteiger partial charge in [0, 0.05) is 30.9 Å². The highest BCUT2D eigenvalue weighted by Crippen LogP contribution is 2.27. The monoisotopic (exact) mass is 364 g/mol. The maximum atomic E-state index is 12.3. The molecular weight excluding hydrogens is 348 g/mol. The number of rotatable bonds is 5. The Labute approximate surface area is 144 Å². The van der Waals surface area contributed by atoms with Crippen LogP contribution in [0.25, 0.3) is 0 Å². The number of imidazole rings is 1. The van der Waals surface area contributed by atoms with Crippen molar-refractivity contribution in [1.82, 2.24) is 24.3 Å². The lowest BCUT2D eigenvalue weighted by Gasteiger charge is -2.06. The molecule has 10 heteroatoms. The lowest BCUT2D eigenvalue weighted by molar-refractivity contribution is 0.598. The first-order valence-corrected chi connectivity index (χ1v) is 9.30. The average molecular weight is 364 g/mol. The molecule has 3 rings (SSSR count). The summed E-state index contributed by atoms with van der Waals surface area (Å²) >= 11 is 1.45. The molecule has 8 nitrogen and oxygen atoms in total. The third-order valence-corrected chi connectivity index (χ3v) is 5.66. The van der Waals surface area contributed by atoms with Gasteiger partial charge in [-0.15, -0.1) is 10.2 Å². The van der Waals surface area contributed by atoms with Crippen LogP contribution in [-0.4, -0.2) is 32.7 Å². The van der Waals surface area contributed by atoms with E-state index in [9.17, 15) is 8.42 Å². The van der Waals surface area contributed by atoms with Crippen LogP contribution < -0.4 is 4.72 Å². The second kappa shape index (κ2) is 6.29. The van der Waals surface area contributed by atoms with E-state index >= 15 is 0 Å². The molecule has 0 aliphatic carbocycles. The van der Waals surface area contributed by atoms with E-state index in [0.29, 0.717) is 11.5 Å². The Balaban J connectivity index is 1.75. The number of aryl methyl sites for hydroxylation is 3. The van der Waals surface area contributed by atoms with Gasteiger partial charge in [0.25, 0.3) is 10.0 Å². The fourth-order valence-corrected chi connectivity index (χ4v) is 3.79. The summed E-state index contributed by atoms with van der Waals surface area (Å²) in [6, 6.07) is 7.04. The van der Waals surface area contributed by atoms with Crippen LogP contribution in [0.2, 0.25) is 0 Å². The van der Waals surface area contributed by atoms with E-state index in [2.05, 4.69) is 19.9 Å². The summed E-state index contributed by atoms with van der Waals surface area (Å²) in [6.45, 7) is 1.75. The molecule has 0 radical (unpaired) electrons. The quantitative estimate of drug-likeness (QED) is 0.742. The Morgan fingerprint density at radius 1 is 1.12 bits per heavy atom. The summed E-state index contributed by atoms with van der Waals surface area (Å²) in [6.07, 6.45) is 3.11. The van der Waals surface area contributed by atoms with Crippen LogP contribution in [0, 0.1) is 6.92 Å². The van der Waals surface area contributed by atoms with Gasteiger partial charge in [0.2, 0.25) is 0 Å². The molecule has 0 saturated heterocycles. The highest BCUT2D eigenvalue weighted by molar-refractivity contribution is 7.99. The Morgan fingerprint density at radius 3 is 2.38 bits per heavy atom. The molecule has 0 spiro atoms. The van der Waals surface area contributed by atoms with Gasteiger partial charge in [0.15, 0.2) is 10.2 Å². The summed E-state index contributed by atoms with van der Waals surface area (Å²) in [7, 11) is -0.0891. The standard InChI is InChI=1S/C14H16N6O2S2/c1-10-16-13(8-19(10)2)24(21,22)18-11-4-6-12(7-5-11)23-14-17-15-9-20(14)3/h4-9,18H,1-3H3. The second-order valence-electron chi connectivity index (χ2n) is 5.19. The van der Waals surface area contributed by atoms with Crippen molar-refractivity contribution in [2.75, 3.05) is 4.72 Å². The first-order valence-electron chi connectivity index (χ1n) is 7.00. The molecule has 0 bridgehead atoms. The molecule has 0 aliphatic heterocycles. The number of sulfonamides is 1. The predicted octanol–water partition coefficient (Wildman–Crippen LogP) is 1.81. The van der Waals surface area contributed by atoms with E-state index < -0.39 is 10.0 Å². The van der Waals surface area contributed by atoms with Crippen molar-refractivity contribution in [2.24, 2.45) is 14.1 Å². The summed E-state index contributed by atoms with van der Waals surface area (Å²) in [5.41, 5.74) is 0.473. The molecule has 2 aromatic heterocycles. The van der Waals surface area contributed by atoms with Crippen molar-refractivity contribution in [3.05, 3.63) is 42.6 Å². The zero-order valence-electron chi connectivity index (χ0n) is 13.3. The molecule has 126 valence electrons. The zero-order valence-corrected chi connectivity index (χ0v) is 15.0. The maximum absolute atomic E-state index is 12.3. The number of nitrogens with one attached hydrogen (secondary N) is 1. The van der Waals surface area contributed by atoms with Crippen LogP contribution in [0.5, 0.6) is 0 Å². The lowest BCUT2D eigenvalue weighted by Crippen LogP contribution is -2.13. The minimum atomic E-state index is -3.70. The number of hydrogen-bond donors (Lipinski definition) is 1. The Hall–Kier alpha value is -2.33. The topological polar surface area (TPSA) is 94.7 Å². The van der Waals surface area contributed by atoms with Gasteiger partial charge in [-0.3, -0.25) is 4.72 Å². The molecule has 1 aromatic carbocycles. The minimum absolute atomic E-state index is 0.0000336. The van der Waals surface area contributed by atoms with E-state index in [1.165, 1.54) is 18.0 Å². The predicted molar refractivity (Wildman–Crippen MR) is 90.3 cm³/mol. The summed E-state index contributed by atoms with van der Waals surface area (Å²) < 4.78 is 30.7. The van der Waals surface area contributed by atoms with E-state index in [0.717, 1.165) is 10.1 Å². The smallest absolute Gasteiger partial charge is 0.280 e. The van der Waals surface area contributed by atoms with Gasteiger partial charge < -0.3 is 9.13 Å². The maximum Gasteiger partial charge on any atom is 0.280 e. The minimum Gasteiger partial charge on any atom is -0.337 e. The molecule has 3 aromatic rings. The fraction of sp³-hybridized carbons (Fsp3) is 0.214. The molecular formula is C14H16N6O2S2. The normalized spacial score (nSPS) is 11.6. The van der Waals surface area contributed by atoms with Crippen LogP contribution in [0.1, 0.15) is 5.82 Å². The zero-order chi connectivity index (χ0) is 17.3. The average Bonchev–Trinajstić information content (AvgIpc) is 3.08. The van der Waals surface area contributed by atoms with Crippen LogP contribution in [0.15, 0.2) is 51.9 Å². The molecule has 0 amide bonds. The van der Waals surface area contributed by atoms with Gasteiger partial charge in [0.1, 0.15) is 12.2 Å². The summed E-state index contributed by atoms with van der Waals surface area (Å²) in [4.78, 5) is 4.98. The third-order valence-electron chi connectivity index (χ3n) is 3.35. The van der Waals surface area contributed by atoms with E-state index in [-0.39, 0.29) is 5.03 Å². The second-order valence-corrected chi connectivity index (χ2v) is 7.86. The third kappa shape index (κ3) is 3.44. The first-order chi connectivity index (χ1) is 11.3. The number of benzene rings is 1. The molecule has 0 fully saturated rings. The Kier molecular flexibility index (Phi) is 4.33. The molecule has 2 heterocycles. The molecule has 0 atom stereocenters. The largest absolute Gasteiger partial charge is 0.337 e. The van der Waals surface area contributed by atoms with Crippen molar-refractivity contribution in [3.8, 4) is 0 Å².